The first-order chi connectivity index (χ1) is 13.2. The minimum absolute atomic E-state index is 0.230. The highest BCUT2D eigenvalue weighted by Crippen LogP contribution is 2.29. The van der Waals surface area contributed by atoms with Gasteiger partial charge in [-0.15, -0.1) is 0 Å². The molecule has 4 rings (SSSR count). The number of methoxy groups -OCH3 is 1. The third-order valence-corrected chi connectivity index (χ3v) is 5.89. The second-order valence-electron chi connectivity index (χ2n) is 6.72. The van der Waals surface area contributed by atoms with Gasteiger partial charge in [-0.1, -0.05) is 24.3 Å². The molecule has 1 fully saturated rings. The molecule has 0 radical (unpaired) electrons. The summed E-state index contributed by atoms with van der Waals surface area (Å²) in [4.78, 5) is 16.8. The lowest BCUT2D eigenvalue weighted by Crippen LogP contribution is -2.49. The van der Waals surface area contributed by atoms with Crippen LogP contribution in [0.5, 0.6) is 5.75 Å². The highest BCUT2D eigenvalue weighted by atomic mass is 32.1. The van der Waals surface area contributed by atoms with Crippen molar-refractivity contribution in [2.75, 3.05) is 38.2 Å². The molecule has 0 bridgehead atoms. The Hall–Kier alpha value is -2.60. The Morgan fingerprint density at radius 3 is 2.56 bits per heavy atom. The second kappa shape index (κ2) is 7.96. The smallest absolute Gasteiger partial charge is 0.223 e. The number of amides is 1. The molecule has 1 aliphatic rings. The van der Waals surface area contributed by atoms with Crippen LogP contribution in [0.2, 0.25) is 0 Å². The molecule has 0 spiro atoms. The highest BCUT2D eigenvalue weighted by molar-refractivity contribution is 7.13. The quantitative estimate of drug-likeness (QED) is 0.678. The van der Waals surface area contributed by atoms with Crippen LogP contribution in [-0.2, 0) is 11.2 Å². The minimum Gasteiger partial charge on any atom is -0.497 e. The monoisotopic (exact) mass is 381 g/mol. The number of anilines is 1. The molecule has 0 saturated carbocycles. The predicted octanol–water partition coefficient (Wildman–Crippen LogP) is 3.59. The van der Waals surface area contributed by atoms with Crippen LogP contribution in [0.4, 0.5) is 5.82 Å². The van der Waals surface area contributed by atoms with Gasteiger partial charge in [-0.05, 0) is 47.8 Å². The number of piperazine rings is 1. The number of aryl methyl sites for hydroxylation is 1. The Morgan fingerprint density at radius 2 is 1.81 bits per heavy atom. The predicted molar refractivity (Wildman–Crippen MR) is 110 cm³/mol. The van der Waals surface area contributed by atoms with Gasteiger partial charge < -0.3 is 14.5 Å². The van der Waals surface area contributed by atoms with Gasteiger partial charge in [-0.2, -0.15) is 4.37 Å². The topological polar surface area (TPSA) is 45.7 Å². The van der Waals surface area contributed by atoms with Crippen LogP contribution in [0.1, 0.15) is 12.0 Å². The number of fused-ring (bicyclic) bond motifs is 1. The van der Waals surface area contributed by atoms with Crippen LogP contribution in [0.15, 0.2) is 48.5 Å². The molecule has 140 valence electrons. The lowest BCUT2D eigenvalue weighted by atomic mass is 10.1. The molecule has 6 heteroatoms. The lowest BCUT2D eigenvalue weighted by Gasteiger charge is -2.35. The van der Waals surface area contributed by atoms with Crippen LogP contribution in [0, 0.1) is 0 Å². The average Bonchev–Trinajstić information content (AvgIpc) is 3.16. The van der Waals surface area contributed by atoms with Gasteiger partial charge in [0.25, 0.3) is 0 Å². The highest BCUT2D eigenvalue weighted by Gasteiger charge is 2.23. The van der Waals surface area contributed by atoms with Crippen molar-refractivity contribution in [2.24, 2.45) is 0 Å². The molecule has 0 N–H and O–H groups in total. The number of carbonyl (C=O) groups is 1. The fourth-order valence-corrected chi connectivity index (χ4v) is 4.27. The third kappa shape index (κ3) is 3.90. The van der Waals surface area contributed by atoms with E-state index in [2.05, 4.69) is 27.5 Å². The van der Waals surface area contributed by atoms with Crippen LogP contribution in [0.25, 0.3) is 10.1 Å². The zero-order valence-corrected chi connectivity index (χ0v) is 16.2. The van der Waals surface area contributed by atoms with Crippen molar-refractivity contribution in [1.82, 2.24) is 9.27 Å². The van der Waals surface area contributed by atoms with E-state index in [4.69, 9.17) is 4.74 Å². The summed E-state index contributed by atoms with van der Waals surface area (Å²) in [5, 5.41) is 1.21. The summed E-state index contributed by atoms with van der Waals surface area (Å²) in [6, 6.07) is 16.3. The van der Waals surface area contributed by atoms with Gasteiger partial charge in [0, 0.05) is 38.0 Å². The maximum absolute atomic E-state index is 12.6. The lowest BCUT2D eigenvalue weighted by molar-refractivity contribution is -0.131. The Kier molecular flexibility index (Phi) is 5.25. The molecular formula is C21H23N3O2S. The van der Waals surface area contributed by atoms with Gasteiger partial charge in [0.2, 0.25) is 5.91 Å². The van der Waals surface area contributed by atoms with Crippen molar-refractivity contribution in [3.05, 3.63) is 54.1 Å². The fourth-order valence-electron chi connectivity index (χ4n) is 3.47. The minimum atomic E-state index is 0.230. The van der Waals surface area contributed by atoms with E-state index in [1.165, 1.54) is 10.1 Å². The van der Waals surface area contributed by atoms with Gasteiger partial charge in [0.1, 0.15) is 11.6 Å². The summed E-state index contributed by atoms with van der Waals surface area (Å²) in [6.45, 7) is 3.19. The number of hydrogen-bond acceptors (Lipinski definition) is 5. The molecular weight excluding hydrogens is 358 g/mol. The van der Waals surface area contributed by atoms with E-state index in [0.29, 0.717) is 6.42 Å². The van der Waals surface area contributed by atoms with Crippen molar-refractivity contribution in [3.8, 4) is 5.75 Å². The van der Waals surface area contributed by atoms with E-state index in [1.807, 2.05) is 35.2 Å². The molecule has 0 aliphatic carbocycles. The average molecular weight is 382 g/mol. The largest absolute Gasteiger partial charge is 0.497 e. The van der Waals surface area contributed by atoms with Gasteiger partial charge in [0.15, 0.2) is 0 Å². The summed E-state index contributed by atoms with van der Waals surface area (Å²) in [6.07, 6.45) is 1.31. The molecule has 1 aromatic heterocycles. The number of rotatable bonds is 5. The Bertz CT molecular complexity index is 915. The molecule has 1 amide bonds. The number of ether oxygens (including phenoxy) is 1. The van der Waals surface area contributed by atoms with E-state index in [9.17, 15) is 4.79 Å². The van der Waals surface area contributed by atoms with Gasteiger partial charge in [-0.25, -0.2) is 0 Å². The molecule has 3 aromatic rings. The molecule has 27 heavy (non-hydrogen) atoms. The molecule has 2 aromatic carbocycles. The summed E-state index contributed by atoms with van der Waals surface area (Å²) >= 11 is 1.54. The van der Waals surface area contributed by atoms with E-state index < -0.39 is 0 Å². The first kappa shape index (κ1) is 17.8. The van der Waals surface area contributed by atoms with Crippen molar-refractivity contribution >= 4 is 33.3 Å². The number of hydrogen-bond donors (Lipinski definition) is 0. The maximum Gasteiger partial charge on any atom is 0.223 e. The number of nitrogens with zero attached hydrogens (tertiary/aromatic N) is 3. The summed E-state index contributed by atoms with van der Waals surface area (Å²) in [7, 11) is 1.66. The maximum atomic E-state index is 12.6. The van der Waals surface area contributed by atoms with Gasteiger partial charge >= 0.3 is 0 Å². The summed E-state index contributed by atoms with van der Waals surface area (Å²) in [5.41, 5.74) is 1.16. The third-order valence-electron chi connectivity index (χ3n) is 5.08. The van der Waals surface area contributed by atoms with E-state index in [1.54, 1.807) is 18.6 Å². The summed E-state index contributed by atoms with van der Waals surface area (Å²) < 4.78 is 11.0. The van der Waals surface area contributed by atoms with Crippen LogP contribution < -0.4 is 9.64 Å². The van der Waals surface area contributed by atoms with Crippen molar-refractivity contribution < 1.29 is 9.53 Å². The van der Waals surface area contributed by atoms with Crippen LogP contribution in [0.3, 0.4) is 0 Å². The Balaban J connectivity index is 1.31. The van der Waals surface area contributed by atoms with Gasteiger partial charge in [-0.3, -0.25) is 4.79 Å². The molecule has 1 saturated heterocycles. The molecule has 0 atom stereocenters. The number of carbonyl (C=O) groups excluding carboxylic acids is 1. The van der Waals surface area contributed by atoms with Crippen LogP contribution >= 0.6 is 11.5 Å². The summed E-state index contributed by atoms with van der Waals surface area (Å²) in [5.74, 6) is 2.13. The fraction of sp³-hybridized carbons (Fsp3) is 0.333. The Labute approximate surface area is 163 Å². The second-order valence-corrected chi connectivity index (χ2v) is 7.52. The van der Waals surface area contributed by atoms with E-state index in [0.717, 1.165) is 49.7 Å². The first-order valence-corrected chi connectivity index (χ1v) is 10.0. The standard InChI is InChI=1S/C21H23N3O2S/c1-26-17-9-6-16(7-10-17)8-11-20(25)23-12-14-24(15-13-23)21-18-4-2-3-5-19(18)27-22-21/h2-7,9-10H,8,11-15H2,1H3. The number of benzene rings is 2. The van der Waals surface area contributed by atoms with Gasteiger partial charge in [0.05, 0.1) is 11.8 Å². The molecule has 0 unspecified atom stereocenters. The first-order valence-electron chi connectivity index (χ1n) is 9.24. The molecule has 1 aliphatic heterocycles. The van der Waals surface area contributed by atoms with Crippen molar-refractivity contribution in [2.45, 2.75) is 12.8 Å². The SMILES string of the molecule is COc1ccc(CCC(=O)N2CCN(c3nsc4ccccc34)CC2)cc1. The molecule has 2 heterocycles. The number of aromatic nitrogens is 1. The van der Waals surface area contributed by atoms with Crippen LogP contribution in [-0.4, -0.2) is 48.5 Å². The molecule has 5 nitrogen and oxygen atoms in total. The normalized spacial score (nSPS) is 14.6. The zero-order chi connectivity index (χ0) is 18.6. The zero-order valence-electron chi connectivity index (χ0n) is 15.4. The van der Waals surface area contributed by atoms with Crippen molar-refractivity contribution in [1.29, 1.82) is 0 Å². The van der Waals surface area contributed by atoms with E-state index in [-0.39, 0.29) is 5.91 Å². The van der Waals surface area contributed by atoms with E-state index >= 15 is 0 Å². The van der Waals surface area contributed by atoms with Crippen molar-refractivity contribution in [3.63, 3.8) is 0 Å². The Morgan fingerprint density at radius 1 is 1.07 bits per heavy atom.